The molecule has 0 fully saturated rings. The summed E-state index contributed by atoms with van der Waals surface area (Å²) in [6, 6.07) is 2.22. The Hall–Kier alpha value is -1.92. The molecule has 0 saturated heterocycles. The van der Waals surface area contributed by atoms with E-state index in [1.165, 1.54) is 0 Å². The molecule has 110 valence electrons. The van der Waals surface area contributed by atoms with Crippen LogP contribution in [0.3, 0.4) is 0 Å². The Balaban J connectivity index is 3.08. The van der Waals surface area contributed by atoms with Gasteiger partial charge in [-0.3, -0.25) is 14.9 Å². The molecule has 0 unspecified atom stereocenters. The molecule has 0 radical (unpaired) electrons. The summed E-state index contributed by atoms with van der Waals surface area (Å²) in [5, 5.41) is 10.8. The van der Waals surface area contributed by atoms with Crippen LogP contribution in [0.2, 0.25) is 0 Å². The van der Waals surface area contributed by atoms with Crippen molar-refractivity contribution in [3.63, 3.8) is 0 Å². The molecule has 20 heavy (non-hydrogen) atoms. The molecule has 4 nitrogen and oxygen atoms in total. The first-order valence-corrected chi connectivity index (χ1v) is 5.97. The van der Waals surface area contributed by atoms with E-state index in [9.17, 15) is 28.1 Å². The molecule has 0 heterocycles. The van der Waals surface area contributed by atoms with Gasteiger partial charge in [0.05, 0.1) is 10.5 Å². The minimum Gasteiger partial charge on any atom is -0.299 e. The van der Waals surface area contributed by atoms with E-state index in [-0.39, 0.29) is 30.1 Å². The molecule has 0 aliphatic carbocycles. The number of carbonyl (C=O) groups excluding carboxylic acids is 1. The zero-order chi connectivity index (χ0) is 15.5. The number of hydrogen-bond acceptors (Lipinski definition) is 3. The fourth-order valence-corrected chi connectivity index (χ4v) is 1.80. The molecule has 1 aromatic rings. The number of ketones is 1. The van der Waals surface area contributed by atoms with Crippen LogP contribution in [0.25, 0.3) is 0 Å². The summed E-state index contributed by atoms with van der Waals surface area (Å²) in [6.45, 7) is 3.64. The highest BCUT2D eigenvalue weighted by Gasteiger charge is 2.33. The van der Waals surface area contributed by atoms with Crippen molar-refractivity contribution in [1.82, 2.24) is 0 Å². The van der Waals surface area contributed by atoms with Crippen LogP contribution in [0.1, 0.15) is 31.4 Å². The van der Waals surface area contributed by atoms with Crippen LogP contribution in [0.15, 0.2) is 18.2 Å². The summed E-state index contributed by atoms with van der Waals surface area (Å²) in [5.41, 5.74) is -1.75. The largest absolute Gasteiger partial charge is 0.416 e. The molecular formula is C13H14F3NO3. The fourth-order valence-electron chi connectivity index (χ4n) is 1.80. The van der Waals surface area contributed by atoms with Gasteiger partial charge in [0.1, 0.15) is 5.78 Å². The van der Waals surface area contributed by atoms with Crippen LogP contribution in [0.4, 0.5) is 18.9 Å². The van der Waals surface area contributed by atoms with Crippen molar-refractivity contribution in [2.24, 2.45) is 5.92 Å². The molecule has 0 aromatic heterocycles. The van der Waals surface area contributed by atoms with Crippen LogP contribution in [0.5, 0.6) is 0 Å². The highest BCUT2D eigenvalue weighted by molar-refractivity contribution is 5.82. The lowest BCUT2D eigenvalue weighted by molar-refractivity contribution is -0.385. The number of hydrogen-bond donors (Lipinski definition) is 0. The van der Waals surface area contributed by atoms with Gasteiger partial charge >= 0.3 is 6.18 Å². The highest BCUT2D eigenvalue weighted by atomic mass is 19.4. The van der Waals surface area contributed by atoms with Gasteiger partial charge in [-0.1, -0.05) is 19.9 Å². The average molecular weight is 289 g/mol. The summed E-state index contributed by atoms with van der Waals surface area (Å²) in [7, 11) is 0. The molecule has 0 aliphatic rings. The molecule has 1 rings (SSSR count). The lowest BCUT2D eigenvalue weighted by atomic mass is 9.99. The Bertz CT molecular complexity index is 524. The van der Waals surface area contributed by atoms with Gasteiger partial charge in [0.15, 0.2) is 0 Å². The normalized spacial score (nSPS) is 11.7. The predicted molar refractivity (Wildman–Crippen MR) is 66.3 cm³/mol. The summed E-state index contributed by atoms with van der Waals surface area (Å²) in [5.74, 6) is -0.140. The van der Waals surface area contributed by atoms with Crippen LogP contribution >= 0.6 is 0 Å². The first kappa shape index (κ1) is 16.1. The summed E-state index contributed by atoms with van der Waals surface area (Å²) >= 11 is 0. The lowest BCUT2D eigenvalue weighted by Crippen LogP contribution is -2.10. The van der Waals surface area contributed by atoms with Crippen molar-refractivity contribution < 1.29 is 22.9 Å². The van der Waals surface area contributed by atoms with Gasteiger partial charge in [0.2, 0.25) is 0 Å². The molecule has 0 aliphatic heterocycles. The van der Waals surface area contributed by atoms with E-state index in [1.54, 1.807) is 0 Å². The van der Waals surface area contributed by atoms with Gasteiger partial charge in [0, 0.05) is 24.5 Å². The number of carbonyl (C=O) groups is 1. The van der Waals surface area contributed by atoms with Gasteiger partial charge in [-0.25, -0.2) is 0 Å². The third-order valence-electron chi connectivity index (χ3n) is 2.63. The highest BCUT2D eigenvalue weighted by Crippen LogP contribution is 2.33. The quantitative estimate of drug-likeness (QED) is 0.612. The summed E-state index contributed by atoms with van der Waals surface area (Å²) in [4.78, 5) is 21.6. The Labute approximate surface area is 113 Å². The second-order valence-corrected chi connectivity index (χ2v) is 4.91. The maximum atomic E-state index is 12.5. The molecule has 0 bridgehead atoms. The van der Waals surface area contributed by atoms with Crippen molar-refractivity contribution in [3.8, 4) is 0 Å². The standard InChI is InChI=1S/C13H14F3NO3/c1-8(2)5-11(18)6-9-3-4-10(13(14,15)16)7-12(9)17(19)20/h3-4,7-8H,5-6H2,1-2H3. The molecular weight excluding hydrogens is 275 g/mol. The van der Waals surface area contributed by atoms with E-state index >= 15 is 0 Å². The van der Waals surface area contributed by atoms with Crippen LogP contribution in [0, 0.1) is 16.0 Å². The first-order chi connectivity index (χ1) is 9.11. The smallest absolute Gasteiger partial charge is 0.299 e. The third-order valence-corrected chi connectivity index (χ3v) is 2.63. The number of benzene rings is 1. The first-order valence-electron chi connectivity index (χ1n) is 5.97. The minimum atomic E-state index is -4.65. The monoisotopic (exact) mass is 289 g/mol. The summed E-state index contributed by atoms with van der Waals surface area (Å²) in [6.07, 6.45) is -4.64. The predicted octanol–water partition coefficient (Wildman–Crippen LogP) is 3.77. The van der Waals surface area contributed by atoms with Crippen LogP contribution in [-0.4, -0.2) is 10.7 Å². The van der Waals surface area contributed by atoms with E-state index < -0.39 is 22.4 Å². The van der Waals surface area contributed by atoms with Crippen LogP contribution < -0.4 is 0 Å². The van der Waals surface area contributed by atoms with Gasteiger partial charge in [0.25, 0.3) is 5.69 Å². The van der Waals surface area contributed by atoms with E-state index in [4.69, 9.17) is 0 Å². The van der Waals surface area contributed by atoms with E-state index in [0.29, 0.717) is 6.07 Å². The zero-order valence-corrected chi connectivity index (χ0v) is 11.0. The third kappa shape index (κ3) is 4.32. The van der Waals surface area contributed by atoms with Gasteiger partial charge in [-0.2, -0.15) is 13.2 Å². The fraction of sp³-hybridized carbons (Fsp3) is 0.462. The molecule has 0 atom stereocenters. The number of Topliss-reactive ketones (excluding diaryl/α,β-unsaturated/α-hetero) is 1. The zero-order valence-electron chi connectivity index (χ0n) is 11.0. The number of alkyl halides is 3. The van der Waals surface area contributed by atoms with E-state index in [0.717, 1.165) is 12.1 Å². The van der Waals surface area contributed by atoms with E-state index in [2.05, 4.69) is 0 Å². The maximum Gasteiger partial charge on any atom is 0.416 e. The van der Waals surface area contributed by atoms with Crippen molar-refractivity contribution in [2.75, 3.05) is 0 Å². The van der Waals surface area contributed by atoms with Crippen LogP contribution in [-0.2, 0) is 17.4 Å². The second-order valence-electron chi connectivity index (χ2n) is 4.91. The average Bonchev–Trinajstić information content (AvgIpc) is 2.26. The van der Waals surface area contributed by atoms with Crippen molar-refractivity contribution in [2.45, 2.75) is 32.9 Å². The van der Waals surface area contributed by atoms with Gasteiger partial charge < -0.3 is 0 Å². The Morgan fingerprint density at radius 1 is 1.35 bits per heavy atom. The Morgan fingerprint density at radius 3 is 2.40 bits per heavy atom. The maximum absolute atomic E-state index is 12.5. The number of halogens is 3. The van der Waals surface area contributed by atoms with E-state index in [1.807, 2.05) is 13.8 Å². The van der Waals surface area contributed by atoms with Gasteiger partial charge in [-0.05, 0) is 12.0 Å². The summed E-state index contributed by atoms with van der Waals surface area (Å²) < 4.78 is 37.5. The SMILES string of the molecule is CC(C)CC(=O)Cc1ccc(C(F)(F)F)cc1[N+](=O)[O-]. The Morgan fingerprint density at radius 2 is 1.95 bits per heavy atom. The second kappa shape index (κ2) is 6.02. The molecule has 0 amide bonds. The number of rotatable bonds is 5. The molecule has 0 saturated carbocycles. The Kier molecular flexibility index (Phi) is 4.86. The molecule has 1 aromatic carbocycles. The van der Waals surface area contributed by atoms with Crippen molar-refractivity contribution in [1.29, 1.82) is 0 Å². The number of nitro groups is 1. The topological polar surface area (TPSA) is 60.2 Å². The van der Waals surface area contributed by atoms with Crippen molar-refractivity contribution >= 4 is 11.5 Å². The molecule has 0 spiro atoms. The number of nitrogens with zero attached hydrogens (tertiary/aromatic N) is 1. The number of nitro benzene ring substituents is 1. The van der Waals surface area contributed by atoms with Crippen molar-refractivity contribution in [3.05, 3.63) is 39.4 Å². The molecule has 7 heteroatoms. The minimum absolute atomic E-state index is 0.00801. The van der Waals surface area contributed by atoms with Gasteiger partial charge in [-0.15, -0.1) is 0 Å². The molecule has 0 N–H and O–H groups in total. The lowest BCUT2D eigenvalue weighted by Gasteiger charge is -2.09.